The van der Waals surface area contributed by atoms with Crippen LogP contribution in [0, 0.1) is 5.92 Å². The molecule has 0 radical (unpaired) electrons. The maximum atomic E-state index is 5.64. The van der Waals surface area contributed by atoms with Crippen molar-refractivity contribution in [2.24, 2.45) is 5.92 Å². The maximum absolute atomic E-state index is 5.64. The first-order valence-electron chi connectivity index (χ1n) is 4.91. The number of halogens is 1. The molecule has 0 nitrogen and oxygen atoms in total. The van der Waals surface area contributed by atoms with Crippen molar-refractivity contribution in [1.29, 1.82) is 0 Å². The second-order valence-corrected chi connectivity index (χ2v) is 3.63. The van der Waals surface area contributed by atoms with Crippen LogP contribution < -0.4 is 0 Å². The summed E-state index contributed by atoms with van der Waals surface area (Å²) in [6.07, 6.45) is 7.99. The van der Waals surface area contributed by atoms with E-state index in [-0.39, 0.29) is 0 Å². The first-order valence-corrected chi connectivity index (χ1v) is 5.44. The molecule has 0 aliphatic rings. The monoisotopic (exact) mass is 176 g/mol. The van der Waals surface area contributed by atoms with Crippen LogP contribution in [0.25, 0.3) is 0 Å². The van der Waals surface area contributed by atoms with Crippen LogP contribution in [0.4, 0.5) is 0 Å². The zero-order valence-electron chi connectivity index (χ0n) is 7.91. The van der Waals surface area contributed by atoms with E-state index in [4.69, 9.17) is 11.6 Å². The Morgan fingerprint density at radius 2 is 1.73 bits per heavy atom. The van der Waals surface area contributed by atoms with E-state index in [0.29, 0.717) is 0 Å². The van der Waals surface area contributed by atoms with Gasteiger partial charge >= 0.3 is 0 Å². The lowest BCUT2D eigenvalue weighted by atomic mass is 9.95. The summed E-state index contributed by atoms with van der Waals surface area (Å²) >= 11 is 5.64. The molecule has 0 bridgehead atoms. The minimum absolute atomic E-state index is 0.836. The van der Waals surface area contributed by atoms with E-state index in [9.17, 15) is 0 Å². The van der Waals surface area contributed by atoms with Gasteiger partial charge in [-0.25, -0.2) is 0 Å². The first kappa shape index (κ1) is 11.3. The molecule has 1 unspecified atom stereocenters. The number of unbranched alkanes of at least 4 members (excludes halogenated alkanes) is 1. The fourth-order valence-electron chi connectivity index (χ4n) is 1.41. The highest BCUT2D eigenvalue weighted by Crippen LogP contribution is 2.18. The van der Waals surface area contributed by atoms with Gasteiger partial charge in [0.2, 0.25) is 0 Å². The standard InChI is InChI=1S/C10H21Cl/c1-3-5-7-10(4-2)8-6-9-11/h10H,3-9H2,1-2H3. The highest BCUT2D eigenvalue weighted by Gasteiger charge is 2.03. The van der Waals surface area contributed by atoms with E-state index < -0.39 is 0 Å². The quantitative estimate of drug-likeness (QED) is 0.510. The molecule has 68 valence electrons. The fourth-order valence-corrected chi connectivity index (χ4v) is 1.57. The van der Waals surface area contributed by atoms with Gasteiger partial charge in [-0.05, 0) is 18.8 Å². The smallest absolute Gasteiger partial charge is 0.0223 e. The van der Waals surface area contributed by atoms with Gasteiger partial charge in [-0.15, -0.1) is 11.6 Å². The van der Waals surface area contributed by atoms with Crippen molar-refractivity contribution in [3.05, 3.63) is 0 Å². The summed E-state index contributed by atoms with van der Waals surface area (Å²) in [5, 5.41) is 0. The minimum Gasteiger partial charge on any atom is -0.127 e. The average Bonchev–Trinajstić information content (AvgIpc) is 2.05. The Morgan fingerprint density at radius 3 is 2.18 bits per heavy atom. The van der Waals surface area contributed by atoms with Crippen molar-refractivity contribution in [2.45, 2.75) is 52.4 Å². The number of hydrogen-bond donors (Lipinski definition) is 0. The summed E-state index contributed by atoms with van der Waals surface area (Å²) in [5.41, 5.74) is 0. The summed E-state index contributed by atoms with van der Waals surface area (Å²) in [6, 6.07) is 0. The van der Waals surface area contributed by atoms with Crippen LogP contribution in [-0.2, 0) is 0 Å². The lowest BCUT2D eigenvalue weighted by Gasteiger charge is -2.12. The summed E-state index contributed by atoms with van der Waals surface area (Å²) in [6.45, 7) is 4.54. The maximum Gasteiger partial charge on any atom is 0.0223 e. The molecule has 0 aromatic carbocycles. The van der Waals surface area contributed by atoms with Crippen LogP contribution in [0.3, 0.4) is 0 Å². The van der Waals surface area contributed by atoms with Crippen LogP contribution in [0.5, 0.6) is 0 Å². The molecular formula is C10H21Cl. The zero-order valence-corrected chi connectivity index (χ0v) is 8.66. The predicted molar refractivity (Wildman–Crippen MR) is 53.3 cm³/mol. The molecule has 0 aliphatic carbocycles. The normalized spacial score (nSPS) is 13.4. The summed E-state index contributed by atoms with van der Waals surface area (Å²) in [7, 11) is 0. The largest absolute Gasteiger partial charge is 0.127 e. The second kappa shape index (κ2) is 8.39. The van der Waals surface area contributed by atoms with E-state index >= 15 is 0 Å². The summed E-state index contributed by atoms with van der Waals surface area (Å²) in [5.74, 6) is 1.77. The van der Waals surface area contributed by atoms with E-state index in [0.717, 1.165) is 11.8 Å². The minimum atomic E-state index is 0.836. The Kier molecular flexibility index (Phi) is 8.61. The second-order valence-electron chi connectivity index (χ2n) is 3.25. The SMILES string of the molecule is CCCCC(CC)CCCCl. The van der Waals surface area contributed by atoms with Crippen LogP contribution >= 0.6 is 11.6 Å². The Balaban J connectivity index is 3.25. The van der Waals surface area contributed by atoms with Crippen LogP contribution in [0.15, 0.2) is 0 Å². The lowest BCUT2D eigenvalue weighted by Crippen LogP contribution is -1.98. The number of hydrogen-bond acceptors (Lipinski definition) is 0. The zero-order chi connectivity index (χ0) is 8.53. The molecule has 0 amide bonds. The number of alkyl halides is 1. The van der Waals surface area contributed by atoms with Gasteiger partial charge in [0.05, 0.1) is 0 Å². The molecule has 0 aromatic heterocycles. The molecule has 0 aliphatic heterocycles. The highest BCUT2D eigenvalue weighted by atomic mass is 35.5. The molecule has 0 fully saturated rings. The van der Waals surface area contributed by atoms with Gasteiger partial charge in [0.1, 0.15) is 0 Å². The average molecular weight is 177 g/mol. The molecule has 0 aromatic rings. The predicted octanol–water partition coefficient (Wildman–Crippen LogP) is 4.22. The molecule has 0 spiro atoms. The number of rotatable bonds is 7. The van der Waals surface area contributed by atoms with Gasteiger partial charge in [-0.3, -0.25) is 0 Å². The fraction of sp³-hybridized carbons (Fsp3) is 1.00. The van der Waals surface area contributed by atoms with Crippen molar-refractivity contribution >= 4 is 11.6 Å². The van der Waals surface area contributed by atoms with Gasteiger partial charge in [0, 0.05) is 5.88 Å². The Morgan fingerprint density at radius 1 is 1.09 bits per heavy atom. The molecule has 0 rings (SSSR count). The van der Waals surface area contributed by atoms with Crippen molar-refractivity contribution < 1.29 is 0 Å². The van der Waals surface area contributed by atoms with E-state index in [2.05, 4.69) is 13.8 Å². The highest BCUT2D eigenvalue weighted by molar-refractivity contribution is 6.17. The molecule has 1 atom stereocenters. The third kappa shape index (κ3) is 6.68. The van der Waals surface area contributed by atoms with Crippen molar-refractivity contribution in [2.75, 3.05) is 5.88 Å². The van der Waals surface area contributed by atoms with Crippen molar-refractivity contribution in [3.8, 4) is 0 Å². The van der Waals surface area contributed by atoms with Crippen molar-refractivity contribution in [3.63, 3.8) is 0 Å². The Labute approximate surface area is 76.3 Å². The van der Waals surface area contributed by atoms with Gasteiger partial charge < -0.3 is 0 Å². The molecule has 1 heteroatoms. The van der Waals surface area contributed by atoms with Crippen LogP contribution in [0.1, 0.15) is 52.4 Å². The van der Waals surface area contributed by atoms with Crippen LogP contribution in [-0.4, -0.2) is 5.88 Å². The third-order valence-electron chi connectivity index (χ3n) is 2.29. The van der Waals surface area contributed by atoms with Gasteiger partial charge in [0.25, 0.3) is 0 Å². The van der Waals surface area contributed by atoms with Gasteiger partial charge in [0.15, 0.2) is 0 Å². The van der Waals surface area contributed by atoms with E-state index in [1.807, 2.05) is 0 Å². The molecule has 0 saturated heterocycles. The van der Waals surface area contributed by atoms with E-state index in [1.54, 1.807) is 0 Å². The molecule has 0 heterocycles. The van der Waals surface area contributed by atoms with Gasteiger partial charge in [-0.2, -0.15) is 0 Å². The molecule has 0 N–H and O–H groups in total. The summed E-state index contributed by atoms with van der Waals surface area (Å²) in [4.78, 5) is 0. The van der Waals surface area contributed by atoms with Crippen LogP contribution in [0.2, 0.25) is 0 Å². The summed E-state index contributed by atoms with van der Waals surface area (Å²) < 4.78 is 0. The first-order chi connectivity index (χ1) is 5.35. The lowest BCUT2D eigenvalue weighted by molar-refractivity contribution is 0.418. The molecule has 0 saturated carbocycles. The Bertz CT molecular complexity index is 63.3. The molecule has 11 heavy (non-hydrogen) atoms. The Hall–Kier alpha value is 0.290. The van der Waals surface area contributed by atoms with Crippen molar-refractivity contribution in [1.82, 2.24) is 0 Å². The van der Waals surface area contributed by atoms with Gasteiger partial charge in [-0.1, -0.05) is 39.5 Å². The van der Waals surface area contributed by atoms with E-state index in [1.165, 1.54) is 38.5 Å². The third-order valence-corrected chi connectivity index (χ3v) is 2.56. The topological polar surface area (TPSA) is 0 Å². The molecular weight excluding hydrogens is 156 g/mol.